The summed E-state index contributed by atoms with van der Waals surface area (Å²) in [6, 6.07) is 8.53. The van der Waals surface area contributed by atoms with Crippen LogP contribution < -0.4 is 0 Å². The molecule has 0 heterocycles. The first-order valence-corrected chi connectivity index (χ1v) is 8.30. The van der Waals surface area contributed by atoms with E-state index < -0.39 is 5.60 Å². The number of rotatable bonds is 2. The van der Waals surface area contributed by atoms with Crippen molar-refractivity contribution >= 4 is 5.97 Å². The van der Waals surface area contributed by atoms with Gasteiger partial charge in [-0.25, -0.2) is 0 Å². The summed E-state index contributed by atoms with van der Waals surface area (Å²) in [5.41, 5.74) is 2.28. The maximum Gasteiger partial charge on any atom is 0.309 e. The smallest absolute Gasteiger partial charge is 0.309 e. The number of esters is 1. The average molecular weight is 286 g/mol. The number of hydrogen-bond donors (Lipinski definition) is 0. The number of aryl methyl sites for hydroxylation is 1. The molecule has 1 atom stereocenters. The Labute approximate surface area is 127 Å². The summed E-state index contributed by atoms with van der Waals surface area (Å²) in [6.07, 6.45) is 7.15. The molecule has 2 nitrogen and oxygen atoms in total. The third-order valence-electron chi connectivity index (χ3n) is 5.75. The summed E-state index contributed by atoms with van der Waals surface area (Å²) in [6.45, 7) is 6.00. The third-order valence-corrected chi connectivity index (χ3v) is 5.75. The topological polar surface area (TPSA) is 26.3 Å². The Hall–Kier alpha value is -1.31. The lowest BCUT2D eigenvalue weighted by molar-refractivity contribution is -0.184. The lowest BCUT2D eigenvalue weighted by Crippen LogP contribution is -2.49. The van der Waals surface area contributed by atoms with Gasteiger partial charge in [-0.05, 0) is 43.7 Å². The van der Waals surface area contributed by atoms with Crippen LogP contribution in [0.2, 0.25) is 0 Å². The molecule has 0 radical (unpaired) electrons. The summed E-state index contributed by atoms with van der Waals surface area (Å²) in [4.78, 5) is 12.3. The van der Waals surface area contributed by atoms with Gasteiger partial charge in [0, 0.05) is 5.41 Å². The minimum Gasteiger partial charge on any atom is -0.454 e. The van der Waals surface area contributed by atoms with Crippen LogP contribution in [0.3, 0.4) is 0 Å². The van der Waals surface area contributed by atoms with Crippen molar-refractivity contribution in [2.45, 2.75) is 64.9 Å². The predicted molar refractivity (Wildman–Crippen MR) is 83.9 cm³/mol. The monoisotopic (exact) mass is 286 g/mol. The van der Waals surface area contributed by atoms with Crippen LogP contribution in [0.1, 0.15) is 64.0 Å². The number of carbonyl (C=O) groups excluding carboxylic acids is 1. The fraction of sp³-hybridized carbons (Fsp3) is 0.632. The first-order valence-electron chi connectivity index (χ1n) is 8.30. The van der Waals surface area contributed by atoms with E-state index in [1.54, 1.807) is 0 Å². The maximum atomic E-state index is 12.3. The second kappa shape index (κ2) is 5.15. The van der Waals surface area contributed by atoms with E-state index in [0.29, 0.717) is 0 Å². The fourth-order valence-electron chi connectivity index (χ4n) is 4.36. The van der Waals surface area contributed by atoms with E-state index in [-0.39, 0.29) is 17.3 Å². The number of fused-ring (bicyclic) bond motifs is 1. The standard InChI is InChI=1S/C19H26O2/c1-14(2)17(20)21-18(3)16-9-5-4-8-15(16)10-13-19(18)11-6-7-12-19/h4-5,8-9,14H,6-7,10-13H2,1-3H3. The van der Waals surface area contributed by atoms with E-state index in [4.69, 9.17) is 4.74 Å². The zero-order chi connectivity index (χ0) is 15.1. The lowest BCUT2D eigenvalue weighted by atomic mass is 9.60. The van der Waals surface area contributed by atoms with Gasteiger partial charge in [-0.1, -0.05) is 51.0 Å². The van der Waals surface area contributed by atoms with Crippen LogP contribution >= 0.6 is 0 Å². The van der Waals surface area contributed by atoms with Gasteiger partial charge in [0.05, 0.1) is 5.92 Å². The van der Waals surface area contributed by atoms with Crippen LogP contribution in [0.25, 0.3) is 0 Å². The SMILES string of the molecule is CC(C)C(=O)OC1(C)c2ccccc2CCC12CCCC2. The highest BCUT2D eigenvalue weighted by molar-refractivity contribution is 5.72. The number of ether oxygens (including phenoxy) is 1. The summed E-state index contributed by atoms with van der Waals surface area (Å²) >= 11 is 0. The summed E-state index contributed by atoms with van der Waals surface area (Å²) < 4.78 is 6.17. The molecule has 1 saturated carbocycles. The van der Waals surface area contributed by atoms with Crippen LogP contribution in [0.4, 0.5) is 0 Å². The molecule has 0 saturated heterocycles. The van der Waals surface area contributed by atoms with Crippen molar-refractivity contribution in [2.24, 2.45) is 11.3 Å². The quantitative estimate of drug-likeness (QED) is 0.742. The van der Waals surface area contributed by atoms with Crippen molar-refractivity contribution in [1.82, 2.24) is 0 Å². The number of carbonyl (C=O) groups is 1. The van der Waals surface area contributed by atoms with E-state index >= 15 is 0 Å². The van der Waals surface area contributed by atoms with Gasteiger partial charge in [0.25, 0.3) is 0 Å². The summed E-state index contributed by atoms with van der Waals surface area (Å²) in [5, 5.41) is 0. The molecular weight excluding hydrogens is 260 g/mol. The predicted octanol–water partition coefficient (Wildman–Crippen LogP) is 4.61. The van der Waals surface area contributed by atoms with Crippen molar-refractivity contribution in [3.05, 3.63) is 35.4 Å². The average Bonchev–Trinajstić information content (AvgIpc) is 2.94. The molecule has 0 aromatic heterocycles. The van der Waals surface area contributed by atoms with Gasteiger partial charge in [0.1, 0.15) is 5.60 Å². The Balaban J connectivity index is 2.07. The minimum absolute atomic E-state index is 0.0690. The second-order valence-electron chi connectivity index (χ2n) is 7.25. The van der Waals surface area contributed by atoms with Crippen molar-refractivity contribution in [3.8, 4) is 0 Å². The molecular formula is C19H26O2. The summed E-state index contributed by atoms with van der Waals surface area (Å²) in [7, 11) is 0. The van der Waals surface area contributed by atoms with E-state index in [2.05, 4.69) is 31.2 Å². The molecule has 114 valence electrons. The van der Waals surface area contributed by atoms with Crippen molar-refractivity contribution in [3.63, 3.8) is 0 Å². The molecule has 0 bridgehead atoms. The Morgan fingerprint density at radius 1 is 1.14 bits per heavy atom. The molecule has 1 aromatic carbocycles. The van der Waals surface area contributed by atoms with Gasteiger partial charge in [-0.2, -0.15) is 0 Å². The molecule has 0 N–H and O–H groups in total. The van der Waals surface area contributed by atoms with Gasteiger partial charge in [0.15, 0.2) is 0 Å². The molecule has 1 unspecified atom stereocenters. The first-order chi connectivity index (χ1) is 9.98. The van der Waals surface area contributed by atoms with Crippen LogP contribution in [0, 0.1) is 11.3 Å². The van der Waals surface area contributed by atoms with Gasteiger partial charge in [0.2, 0.25) is 0 Å². The largest absolute Gasteiger partial charge is 0.454 e. The van der Waals surface area contributed by atoms with E-state index in [0.717, 1.165) is 12.8 Å². The highest BCUT2D eigenvalue weighted by Gasteiger charge is 2.55. The Morgan fingerprint density at radius 2 is 1.81 bits per heavy atom. The first kappa shape index (κ1) is 14.6. The molecule has 2 heteroatoms. The molecule has 2 aliphatic carbocycles. The van der Waals surface area contributed by atoms with Crippen LogP contribution in [0.5, 0.6) is 0 Å². The normalized spacial score (nSPS) is 26.9. The highest BCUT2D eigenvalue weighted by atomic mass is 16.6. The van der Waals surface area contributed by atoms with Crippen molar-refractivity contribution in [1.29, 1.82) is 0 Å². The Morgan fingerprint density at radius 3 is 2.48 bits per heavy atom. The zero-order valence-corrected chi connectivity index (χ0v) is 13.4. The Kier molecular flexibility index (Phi) is 3.59. The fourth-order valence-corrected chi connectivity index (χ4v) is 4.36. The summed E-state index contributed by atoms with van der Waals surface area (Å²) in [5.74, 6) is -0.144. The Bertz CT molecular complexity index is 540. The van der Waals surface area contributed by atoms with Crippen molar-refractivity contribution < 1.29 is 9.53 Å². The molecule has 0 aliphatic heterocycles. The highest BCUT2D eigenvalue weighted by Crippen LogP contribution is 2.59. The van der Waals surface area contributed by atoms with E-state index in [1.807, 2.05) is 13.8 Å². The molecule has 3 rings (SSSR count). The minimum atomic E-state index is -0.459. The third kappa shape index (κ3) is 2.20. The van der Waals surface area contributed by atoms with Crippen LogP contribution in [-0.4, -0.2) is 5.97 Å². The number of benzene rings is 1. The lowest BCUT2D eigenvalue weighted by Gasteiger charge is -2.50. The number of hydrogen-bond acceptors (Lipinski definition) is 2. The van der Waals surface area contributed by atoms with Gasteiger partial charge in [-0.15, -0.1) is 0 Å². The van der Waals surface area contributed by atoms with Crippen LogP contribution in [-0.2, 0) is 21.6 Å². The molecule has 1 aromatic rings. The van der Waals surface area contributed by atoms with Gasteiger partial charge in [-0.3, -0.25) is 4.79 Å². The van der Waals surface area contributed by atoms with Gasteiger partial charge < -0.3 is 4.74 Å². The van der Waals surface area contributed by atoms with E-state index in [1.165, 1.54) is 36.8 Å². The maximum absolute atomic E-state index is 12.3. The molecule has 21 heavy (non-hydrogen) atoms. The van der Waals surface area contributed by atoms with E-state index in [9.17, 15) is 4.79 Å². The molecule has 2 aliphatic rings. The molecule has 1 spiro atoms. The molecule has 0 amide bonds. The zero-order valence-electron chi connectivity index (χ0n) is 13.4. The van der Waals surface area contributed by atoms with Crippen LogP contribution in [0.15, 0.2) is 24.3 Å². The van der Waals surface area contributed by atoms with Gasteiger partial charge >= 0.3 is 5.97 Å². The molecule has 1 fully saturated rings. The van der Waals surface area contributed by atoms with Crippen molar-refractivity contribution in [2.75, 3.05) is 0 Å². The second-order valence-corrected chi connectivity index (χ2v) is 7.25.